The summed E-state index contributed by atoms with van der Waals surface area (Å²) in [5.41, 5.74) is 1.78. The number of hydrogen-bond donors (Lipinski definition) is 2. The Morgan fingerprint density at radius 1 is 1.39 bits per heavy atom. The van der Waals surface area contributed by atoms with Crippen LogP contribution in [-0.4, -0.2) is 65.5 Å². The zero-order valence-electron chi connectivity index (χ0n) is 14.7. The minimum absolute atomic E-state index is 0.125. The molecule has 0 bridgehead atoms. The number of ether oxygens (including phenoxy) is 1. The monoisotopic (exact) mass is 323 g/mol. The Hall–Kier alpha value is -1.37. The van der Waals surface area contributed by atoms with Crippen molar-refractivity contribution in [2.45, 2.75) is 39.8 Å². The third kappa shape index (κ3) is 4.56. The van der Waals surface area contributed by atoms with Crippen molar-refractivity contribution in [2.24, 2.45) is 0 Å². The van der Waals surface area contributed by atoms with E-state index in [-0.39, 0.29) is 12.5 Å². The molecule has 0 aliphatic carbocycles. The number of β-amino-alcohol motifs (C(OH)–C–C–N with tert-alkyl or cyclic N) is 1. The quantitative estimate of drug-likeness (QED) is 0.818. The van der Waals surface area contributed by atoms with Gasteiger partial charge >= 0.3 is 0 Å². The van der Waals surface area contributed by atoms with Crippen molar-refractivity contribution in [1.29, 1.82) is 0 Å². The van der Waals surface area contributed by atoms with Crippen LogP contribution in [-0.2, 0) is 11.3 Å². The van der Waals surface area contributed by atoms with Gasteiger partial charge in [-0.3, -0.25) is 9.69 Å². The Labute approximate surface area is 138 Å². The molecule has 6 nitrogen and oxygen atoms in total. The van der Waals surface area contributed by atoms with Crippen LogP contribution in [0.1, 0.15) is 35.6 Å². The van der Waals surface area contributed by atoms with Gasteiger partial charge in [0.25, 0.3) is 5.91 Å². The number of nitrogens with one attached hydrogen (secondary N) is 1. The van der Waals surface area contributed by atoms with Crippen LogP contribution >= 0.6 is 0 Å². The van der Waals surface area contributed by atoms with Gasteiger partial charge in [0.05, 0.1) is 24.4 Å². The molecule has 2 rings (SSSR count). The van der Waals surface area contributed by atoms with E-state index in [1.807, 2.05) is 19.9 Å². The highest BCUT2D eigenvalue weighted by molar-refractivity contribution is 5.95. The second-order valence-electron chi connectivity index (χ2n) is 6.60. The maximum atomic E-state index is 12.4. The lowest BCUT2D eigenvalue weighted by atomic mass is 10.1. The standard InChI is InChI=1S/C17H29N3O3/c1-5-20-13(2)10-15(14(20)3)16(21)18-11-17(4,22)12-19-6-8-23-9-7-19/h10,22H,5-9,11-12H2,1-4H3,(H,18,21). The fourth-order valence-electron chi connectivity index (χ4n) is 3.18. The Bertz CT molecular complexity index is 546. The lowest BCUT2D eigenvalue weighted by Gasteiger charge is -2.33. The van der Waals surface area contributed by atoms with E-state index < -0.39 is 5.60 Å². The van der Waals surface area contributed by atoms with E-state index >= 15 is 0 Å². The minimum atomic E-state index is -0.955. The van der Waals surface area contributed by atoms with Gasteiger partial charge < -0.3 is 19.7 Å². The molecule has 2 heterocycles. The topological polar surface area (TPSA) is 66.7 Å². The van der Waals surface area contributed by atoms with E-state index in [0.717, 1.165) is 31.0 Å². The molecule has 23 heavy (non-hydrogen) atoms. The highest BCUT2D eigenvalue weighted by Gasteiger charge is 2.26. The third-order valence-electron chi connectivity index (χ3n) is 4.43. The van der Waals surface area contributed by atoms with Crippen LogP contribution < -0.4 is 5.32 Å². The molecule has 1 aliphatic heterocycles. The summed E-state index contributed by atoms with van der Waals surface area (Å²) in [5, 5.41) is 13.4. The van der Waals surface area contributed by atoms with E-state index in [1.54, 1.807) is 6.92 Å². The maximum absolute atomic E-state index is 12.4. The summed E-state index contributed by atoms with van der Waals surface area (Å²) in [6, 6.07) is 1.91. The van der Waals surface area contributed by atoms with Crippen LogP contribution in [0.4, 0.5) is 0 Å². The first-order valence-electron chi connectivity index (χ1n) is 8.31. The van der Waals surface area contributed by atoms with E-state index in [9.17, 15) is 9.90 Å². The highest BCUT2D eigenvalue weighted by atomic mass is 16.5. The molecule has 1 aromatic heterocycles. The van der Waals surface area contributed by atoms with Crippen LogP contribution in [0, 0.1) is 13.8 Å². The highest BCUT2D eigenvalue weighted by Crippen LogP contribution is 2.15. The van der Waals surface area contributed by atoms with Gasteiger partial charge in [-0.1, -0.05) is 0 Å². The fraction of sp³-hybridized carbons (Fsp3) is 0.706. The summed E-state index contributed by atoms with van der Waals surface area (Å²) in [6.45, 7) is 12.4. The minimum Gasteiger partial charge on any atom is -0.387 e. The second-order valence-corrected chi connectivity index (χ2v) is 6.60. The van der Waals surface area contributed by atoms with Crippen molar-refractivity contribution in [3.8, 4) is 0 Å². The van der Waals surface area contributed by atoms with Gasteiger partial charge in [-0.25, -0.2) is 0 Å². The molecule has 1 aromatic rings. The average molecular weight is 323 g/mol. The molecule has 1 atom stereocenters. The number of rotatable bonds is 6. The van der Waals surface area contributed by atoms with Crippen LogP contribution in [0.15, 0.2) is 6.07 Å². The van der Waals surface area contributed by atoms with Crippen molar-refractivity contribution >= 4 is 5.91 Å². The molecule has 6 heteroatoms. The van der Waals surface area contributed by atoms with Crippen molar-refractivity contribution in [3.63, 3.8) is 0 Å². The van der Waals surface area contributed by atoms with E-state index in [2.05, 4.69) is 21.7 Å². The fourth-order valence-corrected chi connectivity index (χ4v) is 3.18. The predicted octanol–water partition coefficient (Wildman–Crippen LogP) is 0.938. The molecule has 1 aliphatic rings. The number of hydrogen-bond acceptors (Lipinski definition) is 4. The van der Waals surface area contributed by atoms with Crippen molar-refractivity contribution in [1.82, 2.24) is 14.8 Å². The van der Waals surface area contributed by atoms with Gasteiger partial charge in [0, 0.05) is 44.1 Å². The zero-order chi connectivity index (χ0) is 17.0. The van der Waals surface area contributed by atoms with Gasteiger partial charge in [-0.15, -0.1) is 0 Å². The van der Waals surface area contributed by atoms with E-state index in [1.165, 1.54) is 0 Å². The molecule has 1 amide bonds. The maximum Gasteiger partial charge on any atom is 0.253 e. The summed E-state index contributed by atoms with van der Waals surface area (Å²) >= 11 is 0. The number of carbonyl (C=O) groups excluding carboxylic acids is 1. The van der Waals surface area contributed by atoms with Gasteiger partial charge in [0.2, 0.25) is 0 Å². The summed E-state index contributed by atoms with van der Waals surface area (Å²) in [5.74, 6) is -0.125. The SMILES string of the molecule is CCn1c(C)cc(C(=O)NCC(C)(O)CN2CCOCC2)c1C. The summed E-state index contributed by atoms with van der Waals surface area (Å²) in [7, 11) is 0. The molecule has 0 aromatic carbocycles. The Kier molecular flexibility index (Phi) is 5.84. The van der Waals surface area contributed by atoms with Crippen LogP contribution in [0.2, 0.25) is 0 Å². The summed E-state index contributed by atoms with van der Waals surface area (Å²) < 4.78 is 7.42. The molecule has 130 valence electrons. The number of aryl methyl sites for hydroxylation is 1. The van der Waals surface area contributed by atoms with Gasteiger partial charge in [-0.05, 0) is 33.8 Å². The average Bonchev–Trinajstić information content (AvgIpc) is 2.80. The molecule has 1 fully saturated rings. The smallest absolute Gasteiger partial charge is 0.253 e. The molecule has 1 unspecified atom stereocenters. The Balaban J connectivity index is 1.92. The molecular formula is C17H29N3O3. The lowest BCUT2D eigenvalue weighted by Crippen LogP contribution is -2.51. The van der Waals surface area contributed by atoms with Crippen LogP contribution in [0.5, 0.6) is 0 Å². The van der Waals surface area contributed by atoms with Crippen molar-refractivity contribution < 1.29 is 14.6 Å². The molecule has 0 radical (unpaired) electrons. The molecule has 2 N–H and O–H groups in total. The zero-order valence-corrected chi connectivity index (χ0v) is 14.7. The summed E-state index contributed by atoms with van der Waals surface area (Å²) in [4.78, 5) is 14.6. The predicted molar refractivity (Wildman–Crippen MR) is 89.8 cm³/mol. The number of aromatic nitrogens is 1. The normalized spacial score (nSPS) is 18.7. The Morgan fingerprint density at radius 3 is 2.61 bits per heavy atom. The summed E-state index contributed by atoms with van der Waals surface area (Å²) in [6.07, 6.45) is 0. The largest absolute Gasteiger partial charge is 0.387 e. The van der Waals surface area contributed by atoms with Gasteiger partial charge in [-0.2, -0.15) is 0 Å². The number of morpholine rings is 1. The third-order valence-corrected chi connectivity index (χ3v) is 4.43. The molecule has 0 saturated carbocycles. The van der Waals surface area contributed by atoms with E-state index in [0.29, 0.717) is 25.3 Å². The lowest BCUT2D eigenvalue weighted by molar-refractivity contribution is -0.0213. The first-order chi connectivity index (χ1) is 10.8. The van der Waals surface area contributed by atoms with Crippen molar-refractivity contribution in [2.75, 3.05) is 39.4 Å². The molecule has 1 saturated heterocycles. The van der Waals surface area contributed by atoms with Gasteiger partial charge in [0.1, 0.15) is 0 Å². The number of carbonyl (C=O) groups is 1. The Morgan fingerprint density at radius 2 is 2.04 bits per heavy atom. The van der Waals surface area contributed by atoms with Gasteiger partial charge in [0.15, 0.2) is 0 Å². The number of amides is 1. The number of nitrogens with zero attached hydrogens (tertiary/aromatic N) is 2. The first-order valence-corrected chi connectivity index (χ1v) is 8.31. The molecular weight excluding hydrogens is 294 g/mol. The second kappa shape index (κ2) is 7.47. The van der Waals surface area contributed by atoms with Crippen LogP contribution in [0.25, 0.3) is 0 Å². The number of aliphatic hydroxyl groups is 1. The molecule has 0 spiro atoms. The first kappa shape index (κ1) is 18.0. The van der Waals surface area contributed by atoms with Crippen molar-refractivity contribution in [3.05, 3.63) is 23.0 Å². The van der Waals surface area contributed by atoms with Crippen LogP contribution in [0.3, 0.4) is 0 Å². The van der Waals surface area contributed by atoms with E-state index in [4.69, 9.17) is 4.74 Å².